The summed E-state index contributed by atoms with van der Waals surface area (Å²) >= 11 is 0. The Morgan fingerprint density at radius 3 is 2.48 bits per heavy atom. The van der Waals surface area contributed by atoms with Gasteiger partial charge in [0.25, 0.3) is 0 Å². The summed E-state index contributed by atoms with van der Waals surface area (Å²) in [4.78, 5) is 11.3. The Morgan fingerprint density at radius 2 is 1.81 bits per heavy atom. The van der Waals surface area contributed by atoms with Crippen LogP contribution in [0.2, 0.25) is 0 Å². The van der Waals surface area contributed by atoms with E-state index in [-0.39, 0.29) is 0 Å². The van der Waals surface area contributed by atoms with Crippen molar-refractivity contribution in [2.75, 3.05) is 5.32 Å². The molecule has 0 unspecified atom stereocenters. The van der Waals surface area contributed by atoms with Crippen LogP contribution in [0.1, 0.15) is 27.0 Å². The molecule has 2 aromatic rings. The second kappa shape index (κ2) is 6.23. The molecule has 5 nitrogen and oxygen atoms in total. The monoisotopic (exact) mass is 276 g/mol. The molecule has 0 aromatic heterocycles. The Morgan fingerprint density at radius 1 is 1.10 bits per heavy atom. The number of carbonyl (C=O) groups excluding carboxylic acids is 1. The number of hydrogen-bond donors (Lipinski definition) is 2. The van der Waals surface area contributed by atoms with Gasteiger partial charge in [0.1, 0.15) is 12.1 Å². The molecule has 0 heterocycles. The molecule has 0 fully saturated rings. The zero-order valence-corrected chi connectivity index (χ0v) is 11.1. The van der Waals surface area contributed by atoms with E-state index >= 15 is 0 Å². The molecule has 3 N–H and O–H groups in total. The molecule has 0 aliphatic rings. The summed E-state index contributed by atoms with van der Waals surface area (Å²) in [5.41, 5.74) is 7.89. The van der Waals surface area contributed by atoms with Crippen molar-refractivity contribution in [2.24, 2.45) is 5.73 Å². The number of anilines is 1. The normalized spacial score (nSPS) is 9.43. The van der Waals surface area contributed by atoms with E-state index in [1.807, 2.05) is 24.3 Å². The van der Waals surface area contributed by atoms with Gasteiger partial charge < -0.3 is 11.1 Å². The molecule has 0 atom stereocenters. The number of rotatable bonds is 4. The van der Waals surface area contributed by atoms with Crippen LogP contribution in [0.25, 0.3) is 0 Å². The molecule has 5 heteroatoms. The van der Waals surface area contributed by atoms with E-state index in [2.05, 4.69) is 5.32 Å². The van der Waals surface area contributed by atoms with Gasteiger partial charge in [0.2, 0.25) is 5.91 Å². The smallest absolute Gasteiger partial charge is 0.249 e. The van der Waals surface area contributed by atoms with Crippen molar-refractivity contribution in [3.05, 3.63) is 64.7 Å². The van der Waals surface area contributed by atoms with E-state index in [0.717, 1.165) is 5.56 Å². The third-order valence-electron chi connectivity index (χ3n) is 3.03. The fourth-order valence-electron chi connectivity index (χ4n) is 1.96. The minimum atomic E-state index is -0.482. The topological polar surface area (TPSA) is 103 Å². The highest BCUT2D eigenvalue weighted by Crippen LogP contribution is 2.16. The van der Waals surface area contributed by atoms with Gasteiger partial charge in [0.15, 0.2) is 0 Å². The third kappa shape index (κ3) is 3.17. The first-order chi connectivity index (χ1) is 10.2. The first-order valence-corrected chi connectivity index (χ1v) is 6.21. The number of carbonyl (C=O) groups is 1. The van der Waals surface area contributed by atoms with Crippen LogP contribution in [0, 0.1) is 22.7 Å². The Balaban J connectivity index is 2.20. The molecule has 0 radical (unpaired) electrons. The molecule has 2 aromatic carbocycles. The molecule has 0 bridgehead atoms. The predicted octanol–water partition coefficient (Wildman–Crippen LogP) is 2.14. The Hall–Kier alpha value is -3.31. The largest absolute Gasteiger partial charge is 0.381 e. The van der Waals surface area contributed by atoms with Gasteiger partial charge in [-0.1, -0.05) is 18.2 Å². The molecule has 0 aliphatic heterocycles. The lowest BCUT2D eigenvalue weighted by Gasteiger charge is -2.10. The number of nitrogens with one attached hydrogen (secondary N) is 1. The number of amides is 1. The Labute approximate surface area is 122 Å². The zero-order valence-electron chi connectivity index (χ0n) is 11.1. The fraction of sp³-hybridized carbons (Fsp3) is 0.0625. The van der Waals surface area contributed by atoms with Gasteiger partial charge in [0.05, 0.1) is 11.1 Å². The summed E-state index contributed by atoms with van der Waals surface area (Å²) in [7, 11) is 0. The maximum absolute atomic E-state index is 11.3. The van der Waals surface area contributed by atoms with Gasteiger partial charge in [0, 0.05) is 17.8 Å². The number of nitrogens with two attached hydrogens (primary N) is 1. The van der Waals surface area contributed by atoms with Gasteiger partial charge in [-0.3, -0.25) is 4.79 Å². The fourth-order valence-corrected chi connectivity index (χ4v) is 1.96. The van der Waals surface area contributed by atoms with Crippen LogP contribution in [0.5, 0.6) is 0 Å². The molecule has 102 valence electrons. The standard InChI is InChI=1S/C16H12N4O/c17-8-11-5-6-14(7-13(11)9-18)20-10-12-3-1-2-4-15(12)16(19)21/h1-7,20H,10H2,(H2,19,21). The third-order valence-corrected chi connectivity index (χ3v) is 3.03. The molecule has 1 amide bonds. The SMILES string of the molecule is N#Cc1ccc(NCc2ccccc2C(N)=O)cc1C#N. The van der Waals surface area contributed by atoms with Gasteiger partial charge in [-0.2, -0.15) is 10.5 Å². The minimum absolute atomic E-state index is 0.311. The summed E-state index contributed by atoms with van der Waals surface area (Å²) in [6, 6.07) is 15.9. The van der Waals surface area contributed by atoms with Gasteiger partial charge >= 0.3 is 0 Å². The van der Waals surface area contributed by atoms with Crippen LogP contribution in [0.4, 0.5) is 5.69 Å². The van der Waals surface area contributed by atoms with Crippen molar-refractivity contribution >= 4 is 11.6 Å². The lowest BCUT2D eigenvalue weighted by Crippen LogP contribution is -2.15. The van der Waals surface area contributed by atoms with E-state index < -0.39 is 5.91 Å². The second-order valence-electron chi connectivity index (χ2n) is 4.36. The average Bonchev–Trinajstić information content (AvgIpc) is 2.52. The van der Waals surface area contributed by atoms with Crippen LogP contribution in [-0.4, -0.2) is 5.91 Å². The first kappa shape index (κ1) is 14.1. The summed E-state index contributed by atoms with van der Waals surface area (Å²) in [5.74, 6) is -0.482. The molecule has 0 saturated heterocycles. The molecule has 0 aliphatic carbocycles. The Bertz CT molecular complexity index is 769. The van der Waals surface area contributed by atoms with Crippen molar-refractivity contribution < 1.29 is 4.79 Å². The summed E-state index contributed by atoms with van der Waals surface area (Å²) < 4.78 is 0. The van der Waals surface area contributed by atoms with Gasteiger partial charge in [-0.25, -0.2) is 0 Å². The number of benzene rings is 2. The molecular formula is C16H12N4O. The van der Waals surface area contributed by atoms with Gasteiger partial charge in [-0.15, -0.1) is 0 Å². The van der Waals surface area contributed by atoms with Gasteiger partial charge in [-0.05, 0) is 29.8 Å². The number of hydrogen-bond acceptors (Lipinski definition) is 4. The van der Waals surface area contributed by atoms with Crippen LogP contribution in [0.15, 0.2) is 42.5 Å². The molecule has 0 saturated carbocycles. The highest BCUT2D eigenvalue weighted by molar-refractivity contribution is 5.94. The van der Waals surface area contributed by atoms with Crippen molar-refractivity contribution in [2.45, 2.75) is 6.54 Å². The number of nitrogens with zero attached hydrogens (tertiary/aromatic N) is 2. The van der Waals surface area contributed by atoms with Crippen LogP contribution >= 0.6 is 0 Å². The van der Waals surface area contributed by atoms with Crippen molar-refractivity contribution in [1.82, 2.24) is 0 Å². The van der Waals surface area contributed by atoms with E-state index in [4.69, 9.17) is 16.3 Å². The molecule has 2 rings (SSSR count). The summed E-state index contributed by atoms with van der Waals surface area (Å²) in [6.07, 6.45) is 0. The first-order valence-electron chi connectivity index (χ1n) is 6.21. The molecule has 0 spiro atoms. The lowest BCUT2D eigenvalue weighted by atomic mass is 10.1. The average molecular weight is 276 g/mol. The van der Waals surface area contributed by atoms with Crippen LogP contribution in [-0.2, 0) is 6.54 Å². The van der Waals surface area contributed by atoms with Crippen molar-refractivity contribution in [3.63, 3.8) is 0 Å². The Kier molecular flexibility index (Phi) is 4.18. The predicted molar refractivity (Wildman–Crippen MR) is 78.2 cm³/mol. The highest BCUT2D eigenvalue weighted by atomic mass is 16.1. The number of primary amides is 1. The number of nitriles is 2. The van der Waals surface area contributed by atoms with Crippen LogP contribution in [0.3, 0.4) is 0 Å². The quantitative estimate of drug-likeness (QED) is 0.892. The summed E-state index contributed by atoms with van der Waals surface area (Å²) in [5, 5.41) is 21.0. The van der Waals surface area contributed by atoms with E-state index in [0.29, 0.717) is 28.9 Å². The van der Waals surface area contributed by atoms with E-state index in [1.165, 1.54) is 0 Å². The van der Waals surface area contributed by atoms with Crippen LogP contribution < -0.4 is 11.1 Å². The van der Waals surface area contributed by atoms with E-state index in [9.17, 15) is 4.79 Å². The maximum Gasteiger partial charge on any atom is 0.249 e. The maximum atomic E-state index is 11.3. The lowest BCUT2D eigenvalue weighted by molar-refractivity contribution is 0.0999. The second-order valence-corrected chi connectivity index (χ2v) is 4.36. The summed E-state index contributed by atoms with van der Waals surface area (Å²) in [6.45, 7) is 0.399. The van der Waals surface area contributed by atoms with E-state index in [1.54, 1.807) is 30.3 Å². The van der Waals surface area contributed by atoms with Crippen molar-refractivity contribution in [3.8, 4) is 12.1 Å². The highest BCUT2D eigenvalue weighted by Gasteiger charge is 2.07. The molecular weight excluding hydrogens is 264 g/mol. The molecule has 21 heavy (non-hydrogen) atoms. The minimum Gasteiger partial charge on any atom is -0.381 e. The van der Waals surface area contributed by atoms with Crippen molar-refractivity contribution in [1.29, 1.82) is 10.5 Å². The zero-order chi connectivity index (χ0) is 15.2.